The summed E-state index contributed by atoms with van der Waals surface area (Å²) in [7, 11) is 0. The Morgan fingerprint density at radius 1 is 0.360 bits per heavy atom. The average molecular weight is 959 g/mol. The van der Waals surface area contributed by atoms with Crippen LogP contribution in [0.3, 0.4) is 0 Å². The van der Waals surface area contributed by atoms with E-state index in [0.717, 1.165) is 107 Å². The molecule has 12 aromatic rings. The van der Waals surface area contributed by atoms with Crippen molar-refractivity contribution in [2.45, 2.75) is 6.42 Å². The van der Waals surface area contributed by atoms with E-state index in [9.17, 15) is 10.5 Å². The van der Waals surface area contributed by atoms with Gasteiger partial charge >= 0.3 is 0 Å². The number of aromatic nitrogens is 2. The largest absolute Gasteiger partial charge is 0.311 e. The Hall–Kier alpha value is -10.4. The van der Waals surface area contributed by atoms with Crippen molar-refractivity contribution in [3.63, 3.8) is 0 Å². The molecule has 0 atom stereocenters. The van der Waals surface area contributed by atoms with Gasteiger partial charge in [-0.1, -0.05) is 140 Å². The fraction of sp³-hybridized carbons (Fsp3) is 0.0145. The summed E-state index contributed by atoms with van der Waals surface area (Å²) >= 11 is 0. The highest BCUT2D eigenvalue weighted by Gasteiger charge is 2.21. The highest BCUT2D eigenvalue weighted by molar-refractivity contribution is 6.12. The van der Waals surface area contributed by atoms with E-state index in [1.165, 1.54) is 0 Å². The Morgan fingerprint density at radius 2 is 0.773 bits per heavy atom. The van der Waals surface area contributed by atoms with Gasteiger partial charge in [-0.25, -0.2) is 0 Å². The van der Waals surface area contributed by atoms with Crippen molar-refractivity contribution < 1.29 is 0 Å². The minimum absolute atomic E-state index is 0.501. The lowest BCUT2D eigenvalue weighted by Crippen LogP contribution is -2.15. The highest BCUT2D eigenvalue weighted by atomic mass is 15.2. The second kappa shape index (κ2) is 19.0. The lowest BCUT2D eigenvalue weighted by Gasteiger charge is -2.26. The second-order valence-electron chi connectivity index (χ2n) is 18.7. The third-order valence-corrected chi connectivity index (χ3v) is 14.4. The van der Waals surface area contributed by atoms with Crippen molar-refractivity contribution in [3.05, 3.63) is 284 Å². The zero-order chi connectivity index (χ0) is 50.2. The van der Waals surface area contributed by atoms with E-state index >= 15 is 0 Å². The molecule has 1 aliphatic carbocycles. The van der Waals surface area contributed by atoms with E-state index in [2.05, 4.69) is 274 Å². The van der Waals surface area contributed by atoms with Crippen LogP contribution in [0.25, 0.3) is 77.2 Å². The van der Waals surface area contributed by atoms with Gasteiger partial charge in [0.05, 0.1) is 45.3 Å². The molecule has 1 aliphatic rings. The van der Waals surface area contributed by atoms with Crippen LogP contribution in [-0.4, -0.2) is 9.13 Å². The summed E-state index contributed by atoms with van der Waals surface area (Å²) < 4.78 is 4.61. The van der Waals surface area contributed by atoms with Gasteiger partial charge in [0.15, 0.2) is 0 Å². The van der Waals surface area contributed by atoms with Crippen LogP contribution in [0.15, 0.2) is 273 Å². The SMILES string of the molecule is N#Cc1cc(-c2ccc(-n3c4ccccc4c4cc(N(c5ccccc5)c5ccccc5)ccc43)cc2)c(C#N)cc1-c1ccc(-n2c3ccccc3c3cc(N(C4=CCC=CC=C4)c4ccccc4)ccc32)cc1. The maximum absolute atomic E-state index is 10.7. The third kappa shape index (κ3) is 7.92. The molecule has 0 aliphatic heterocycles. The quantitative estimate of drug-likeness (QED) is 0.137. The molecule has 0 radical (unpaired) electrons. The van der Waals surface area contributed by atoms with Gasteiger partial charge in [0.1, 0.15) is 0 Å². The monoisotopic (exact) mass is 958 g/mol. The maximum Gasteiger partial charge on any atom is 0.0998 e. The minimum atomic E-state index is 0.501. The predicted molar refractivity (Wildman–Crippen MR) is 310 cm³/mol. The summed E-state index contributed by atoms with van der Waals surface area (Å²) in [4.78, 5) is 4.61. The van der Waals surface area contributed by atoms with Gasteiger partial charge in [-0.15, -0.1) is 0 Å². The van der Waals surface area contributed by atoms with Crippen molar-refractivity contribution >= 4 is 72.0 Å². The number of hydrogen-bond donors (Lipinski definition) is 0. The lowest BCUT2D eigenvalue weighted by molar-refractivity contribution is 1.17. The molecule has 6 nitrogen and oxygen atoms in total. The number of para-hydroxylation sites is 5. The molecule has 2 aromatic heterocycles. The first-order valence-corrected chi connectivity index (χ1v) is 25.2. The smallest absolute Gasteiger partial charge is 0.0998 e. The molecular weight excluding hydrogens is 913 g/mol. The van der Waals surface area contributed by atoms with E-state index < -0.39 is 0 Å². The van der Waals surface area contributed by atoms with Crippen LogP contribution in [0.2, 0.25) is 0 Å². The molecule has 0 saturated carbocycles. The normalized spacial score (nSPS) is 12.2. The number of allylic oxidation sites excluding steroid dienone is 5. The topological polar surface area (TPSA) is 63.9 Å². The molecule has 0 fully saturated rings. The van der Waals surface area contributed by atoms with Crippen LogP contribution in [0.4, 0.5) is 28.4 Å². The van der Waals surface area contributed by atoms with E-state index in [0.29, 0.717) is 22.3 Å². The van der Waals surface area contributed by atoms with Gasteiger partial charge in [0.2, 0.25) is 0 Å². The van der Waals surface area contributed by atoms with Crippen LogP contribution in [0.5, 0.6) is 0 Å². The van der Waals surface area contributed by atoms with Crippen molar-refractivity contribution in [3.8, 4) is 45.8 Å². The third-order valence-electron chi connectivity index (χ3n) is 14.4. The second-order valence-corrected chi connectivity index (χ2v) is 18.7. The molecule has 13 rings (SSSR count). The molecule has 0 spiro atoms. The van der Waals surface area contributed by atoms with E-state index in [4.69, 9.17) is 0 Å². The number of nitrogens with zero attached hydrogens (tertiary/aromatic N) is 6. The number of hydrogen-bond acceptors (Lipinski definition) is 4. The number of anilines is 5. The Balaban J connectivity index is 0.831. The number of fused-ring (bicyclic) bond motifs is 6. The Labute approximate surface area is 435 Å². The Bertz CT molecular complexity index is 4280. The standard InChI is InChI=1S/C69H46N6/c70-46-50-43-63(49-32-36-57(37-33-49)75-67-29-17-15-27-61(67)65-45-59(39-41-69(65)75)73(54-22-10-4-11-23-54)55-24-12-5-13-25-55)51(47-71)42-62(50)48-30-34-56(35-31-48)74-66-28-16-14-26-60(66)64-44-58(38-40-68(64)74)72(53-20-8-3-9-21-53)52-18-6-1-2-7-19-52/h1-6,8-45H,7H2. The first-order valence-electron chi connectivity index (χ1n) is 25.2. The van der Waals surface area contributed by atoms with Crippen LogP contribution in [0, 0.1) is 22.7 Å². The van der Waals surface area contributed by atoms with Gasteiger partial charge in [-0.3, -0.25) is 0 Å². The molecule has 0 amide bonds. The summed E-state index contributed by atoms with van der Waals surface area (Å²) in [6, 6.07) is 87.3. The summed E-state index contributed by atoms with van der Waals surface area (Å²) in [5, 5.41) is 26.0. The molecule has 352 valence electrons. The molecule has 0 bridgehead atoms. The fourth-order valence-electron chi connectivity index (χ4n) is 11.0. The number of nitriles is 2. The van der Waals surface area contributed by atoms with Crippen LogP contribution < -0.4 is 9.80 Å². The summed E-state index contributed by atoms with van der Waals surface area (Å²) in [5.41, 5.74) is 17.1. The fourth-order valence-corrected chi connectivity index (χ4v) is 11.0. The molecule has 10 aromatic carbocycles. The summed E-state index contributed by atoms with van der Waals surface area (Å²) in [6.45, 7) is 0. The van der Waals surface area contributed by atoms with E-state index in [-0.39, 0.29) is 0 Å². The summed E-state index contributed by atoms with van der Waals surface area (Å²) in [6.07, 6.45) is 11.7. The Kier molecular flexibility index (Phi) is 11.3. The maximum atomic E-state index is 10.7. The van der Waals surface area contributed by atoms with Crippen molar-refractivity contribution in [2.75, 3.05) is 9.80 Å². The average Bonchev–Trinajstić information content (AvgIpc) is 3.84. The van der Waals surface area contributed by atoms with Crippen molar-refractivity contribution in [1.29, 1.82) is 10.5 Å². The van der Waals surface area contributed by atoms with Gasteiger partial charge in [0.25, 0.3) is 0 Å². The van der Waals surface area contributed by atoms with Crippen LogP contribution >= 0.6 is 0 Å². The van der Waals surface area contributed by atoms with Crippen LogP contribution in [-0.2, 0) is 0 Å². The zero-order valence-corrected chi connectivity index (χ0v) is 40.8. The van der Waals surface area contributed by atoms with Gasteiger partial charge in [-0.2, -0.15) is 10.5 Å². The zero-order valence-electron chi connectivity index (χ0n) is 40.8. The minimum Gasteiger partial charge on any atom is -0.311 e. The molecule has 0 unspecified atom stereocenters. The van der Waals surface area contributed by atoms with Crippen molar-refractivity contribution in [1.82, 2.24) is 9.13 Å². The van der Waals surface area contributed by atoms with Gasteiger partial charge in [-0.05, 0) is 145 Å². The predicted octanol–water partition coefficient (Wildman–Crippen LogP) is 18.0. The van der Waals surface area contributed by atoms with E-state index in [1.807, 2.05) is 24.3 Å². The summed E-state index contributed by atoms with van der Waals surface area (Å²) in [5.74, 6) is 0. The van der Waals surface area contributed by atoms with E-state index in [1.54, 1.807) is 0 Å². The Morgan fingerprint density at radius 3 is 1.24 bits per heavy atom. The first kappa shape index (κ1) is 44.5. The van der Waals surface area contributed by atoms with Gasteiger partial charge < -0.3 is 18.9 Å². The molecule has 0 N–H and O–H groups in total. The number of rotatable bonds is 10. The van der Waals surface area contributed by atoms with Crippen molar-refractivity contribution in [2.24, 2.45) is 0 Å². The molecule has 6 heteroatoms. The molecular formula is C69H46N6. The molecule has 2 heterocycles. The molecule has 0 saturated heterocycles. The van der Waals surface area contributed by atoms with Gasteiger partial charge in [0, 0.05) is 78.2 Å². The number of benzene rings is 10. The molecule has 75 heavy (non-hydrogen) atoms. The lowest BCUT2D eigenvalue weighted by atomic mass is 9.91. The first-order chi connectivity index (χ1) is 37.1. The van der Waals surface area contributed by atoms with Crippen LogP contribution in [0.1, 0.15) is 17.5 Å². The highest BCUT2D eigenvalue weighted by Crippen LogP contribution is 2.42.